The molecule has 0 aromatic heterocycles. The van der Waals surface area contributed by atoms with E-state index < -0.39 is 0 Å². The zero-order valence-electron chi connectivity index (χ0n) is 17.5. The molecule has 158 valence electrons. The van der Waals surface area contributed by atoms with E-state index in [1.54, 1.807) is 11.8 Å². The Kier molecular flexibility index (Phi) is 6.02. The monoisotopic (exact) mass is 455 g/mol. The van der Waals surface area contributed by atoms with E-state index in [2.05, 4.69) is 12.1 Å². The third kappa shape index (κ3) is 4.32. The van der Waals surface area contributed by atoms with Crippen molar-refractivity contribution in [1.82, 2.24) is 0 Å². The maximum atomic E-state index is 13.7. The highest BCUT2D eigenvalue weighted by Gasteiger charge is 2.26. The summed E-state index contributed by atoms with van der Waals surface area (Å²) in [5, 5.41) is 0.744. The first-order valence-electron chi connectivity index (χ1n) is 10.7. The number of halogens is 1. The van der Waals surface area contributed by atoms with E-state index >= 15 is 0 Å². The number of carbonyl (C=O) groups excluding carboxylic acids is 1. The van der Waals surface area contributed by atoms with E-state index in [0.717, 1.165) is 35.0 Å². The number of fused-ring (bicyclic) bond motifs is 2. The third-order valence-corrected chi connectivity index (χ3v) is 7.09. The van der Waals surface area contributed by atoms with Crippen LogP contribution in [0.3, 0.4) is 0 Å². The number of rotatable bonds is 4. The minimum atomic E-state index is 0.00343. The van der Waals surface area contributed by atoms with Gasteiger partial charge >= 0.3 is 0 Å². The Morgan fingerprint density at radius 3 is 1.91 bits per heavy atom. The molecule has 0 bridgehead atoms. The van der Waals surface area contributed by atoms with Crippen LogP contribution in [0.2, 0.25) is 5.02 Å². The summed E-state index contributed by atoms with van der Waals surface area (Å²) in [4.78, 5) is 16.8. The number of amides is 1. The molecule has 4 heteroatoms. The van der Waals surface area contributed by atoms with E-state index in [4.69, 9.17) is 11.6 Å². The molecule has 0 saturated heterocycles. The van der Waals surface area contributed by atoms with Gasteiger partial charge in [0.2, 0.25) is 0 Å². The van der Waals surface area contributed by atoms with Crippen LogP contribution in [0.15, 0.2) is 102 Å². The first-order valence-corrected chi connectivity index (χ1v) is 12.0. The highest BCUT2D eigenvalue weighted by molar-refractivity contribution is 7.98. The fourth-order valence-electron chi connectivity index (χ4n) is 4.07. The molecule has 0 fully saturated rings. The predicted molar refractivity (Wildman–Crippen MR) is 134 cm³/mol. The Balaban J connectivity index is 1.41. The van der Waals surface area contributed by atoms with Gasteiger partial charge < -0.3 is 0 Å². The van der Waals surface area contributed by atoms with Crippen LogP contribution < -0.4 is 4.90 Å². The molecule has 2 nitrogen and oxygen atoms in total. The van der Waals surface area contributed by atoms with Crippen LogP contribution >= 0.6 is 23.4 Å². The second kappa shape index (κ2) is 9.23. The molecule has 1 aliphatic heterocycles. The fraction of sp³-hybridized carbons (Fsp3) is 0.107. The van der Waals surface area contributed by atoms with E-state index in [9.17, 15) is 4.79 Å². The van der Waals surface area contributed by atoms with Gasteiger partial charge in [0.05, 0.1) is 11.4 Å². The SMILES string of the molecule is O=C(c1ccc(CSc2ccc(Cl)cc2)cc1)N1c2ccccc2CCc2ccccc21. The Bertz CT molecular complexity index is 1200. The molecule has 32 heavy (non-hydrogen) atoms. The standard InChI is InChI=1S/C28H22ClNOS/c29-24-15-17-25(18-16-24)32-19-20-9-11-23(12-10-20)28(31)30-26-7-3-1-5-21(26)13-14-22-6-2-4-8-27(22)30/h1-12,15-18H,13-14,19H2. The number of para-hydroxylation sites is 2. The van der Waals surface area contributed by atoms with Crippen LogP contribution in [-0.4, -0.2) is 5.91 Å². The van der Waals surface area contributed by atoms with Crippen LogP contribution in [-0.2, 0) is 18.6 Å². The number of benzene rings is 4. The van der Waals surface area contributed by atoms with Gasteiger partial charge in [-0.25, -0.2) is 0 Å². The minimum absolute atomic E-state index is 0.00343. The van der Waals surface area contributed by atoms with Gasteiger partial charge in [0.15, 0.2) is 0 Å². The average molecular weight is 456 g/mol. The Morgan fingerprint density at radius 2 is 1.31 bits per heavy atom. The van der Waals surface area contributed by atoms with Gasteiger partial charge in [0.1, 0.15) is 0 Å². The summed E-state index contributed by atoms with van der Waals surface area (Å²) in [6.07, 6.45) is 1.86. The highest BCUT2D eigenvalue weighted by Crippen LogP contribution is 2.37. The number of hydrogen-bond donors (Lipinski definition) is 0. The van der Waals surface area contributed by atoms with Crippen molar-refractivity contribution in [2.75, 3.05) is 4.90 Å². The Morgan fingerprint density at radius 1 is 0.750 bits per heavy atom. The molecule has 0 radical (unpaired) electrons. The molecule has 5 rings (SSSR count). The summed E-state index contributed by atoms with van der Waals surface area (Å²) >= 11 is 7.72. The lowest BCUT2D eigenvalue weighted by molar-refractivity contribution is 0.0999. The van der Waals surface area contributed by atoms with E-state index in [1.807, 2.05) is 89.8 Å². The number of carbonyl (C=O) groups is 1. The zero-order valence-corrected chi connectivity index (χ0v) is 19.1. The molecule has 1 heterocycles. The van der Waals surface area contributed by atoms with Gasteiger partial charge in [-0.3, -0.25) is 9.69 Å². The molecule has 0 aliphatic carbocycles. The van der Waals surface area contributed by atoms with Crippen molar-refractivity contribution in [3.05, 3.63) is 124 Å². The lowest BCUT2D eigenvalue weighted by atomic mass is 10.0. The largest absolute Gasteiger partial charge is 0.276 e. The van der Waals surface area contributed by atoms with Crippen LogP contribution in [0.4, 0.5) is 11.4 Å². The molecule has 1 aliphatic rings. The lowest BCUT2D eigenvalue weighted by Crippen LogP contribution is -2.26. The molecule has 0 spiro atoms. The average Bonchev–Trinajstić information content (AvgIpc) is 3.01. The summed E-state index contributed by atoms with van der Waals surface area (Å²) in [6.45, 7) is 0. The molecule has 4 aromatic rings. The van der Waals surface area contributed by atoms with Gasteiger partial charge in [0, 0.05) is 21.2 Å². The summed E-state index contributed by atoms with van der Waals surface area (Å²) < 4.78 is 0. The fourth-order valence-corrected chi connectivity index (χ4v) is 5.05. The van der Waals surface area contributed by atoms with E-state index in [0.29, 0.717) is 5.56 Å². The molecule has 4 aromatic carbocycles. The van der Waals surface area contributed by atoms with Gasteiger partial charge in [-0.1, -0.05) is 60.1 Å². The number of nitrogens with zero attached hydrogens (tertiary/aromatic N) is 1. The molecule has 1 amide bonds. The van der Waals surface area contributed by atoms with E-state index in [-0.39, 0.29) is 5.91 Å². The van der Waals surface area contributed by atoms with Crippen LogP contribution in [0.25, 0.3) is 0 Å². The normalized spacial score (nSPS) is 12.6. The van der Waals surface area contributed by atoms with Crippen molar-refractivity contribution < 1.29 is 4.79 Å². The Labute approximate surface area is 197 Å². The Hall–Kier alpha value is -3.01. The summed E-state index contributed by atoms with van der Waals surface area (Å²) in [7, 11) is 0. The van der Waals surface area contributed by atoms with E-state index in [1.165, 1.54) is 21.6 Å². The molecular weight excluding hydrogens is 434 g/mol. The number of thioether (sulfide) groups is 1. The van der Waals surface area contributed by atoms with Crippen molar-refractivity contribution in [2.45, 2.75) is 23.5 Å². The minimum Gasteiger partial charge on any atom is -0.276 e. The van der Waals surface area contributed by atoms with Crippen molar-refractivity contribution in [3.8, 4) is 0 Å². The van der Waals surface area contributed by atoms with Gasteiger partial charge in [-0.2, -0.15) is 0 Å². The van der Waals surface area contributed by atoms with Gasteiger partial charge in [0.25, 0.3) is 5.91 Å². The number of hydrogen-bond acceptors (Lipinski definition) is 2. The first-order chi connectivity index (χ1) is 15.7. The third-order valence-electron chi connectivity index (χ3n) is 5.75. The second-order valence-corrected chi connectivity index (χ2v) is 9.32. The smallest absolute Gasteiger partial charge is 0.262 e. The van der Waals surface area contributed by atoms with Crippen molar-refractivity contribution >= 4 is 40.6 Å². The second-order valence-electron chi connectivity index (χ2n) is 7.84. The number of aryl methyl sites for hydroxylation is 2. The van der Waals surface area contributed by atoms with Crippen molar-refractivity contribution in [2.24, 2.45) is 0 Å². The molecule has 0 N–H and O–H groups in total. The predicted octanol–water partition coefficient (Wildman–Crippen LogP) is 7.71. The van der Waals surface area contributed by atoms with Crippen LogP contribution in [0.1, 0.15) is 27.0 Å². The quantitative estimate of drug-likeness (QED) is 0.294. The van der Waals surface area contributed by atoms with Crippen LogP contribution in [0.5, 0.6) is 0 Å². The lowest BCUT2D eigenvalue weighted by Gasteiger charge is -2.25. The molecular formula is C28H22ClNOS. The first kappa shape index (κ1) is 20.9. The number of anilines is 2. The molecule has 0 atom stereocenters. The molecule has 0 saturated carbocycles. The summed E-state index contributed by atoms with van der Waals surface area (Å²) in [6, 6.07) is 32.3. The maximum absolute atomic E-state index is 13.7. The maximum Gasteiger partial charge on any atom is 0.262 e. The zero-order chi connectivity index (χ0) is 21.9. The summed E-state index contributed by atoms with van der Waals surface area (Å²) in [5.74, 6) is 0.842. The molecule has 0 unspecified atom stereocenters. The van der Waals surface area contributed by atoms with Gasteiger partial charge in [-0.15, -0.1) is 11.8 Å². The topological polar surface area (TPSA) is 20.3 Å². The summed E-state index contributed by atoms with van der Waals surface area (Å²) in [5.41, 5.74) is 6.23. The highest BCUT2D eigenvalue weighted by atomic mass is 35.5. The van der Waals surface area contributed by atoms with Gasteiger partial charge in [-0.05, 0) is 78.1 Å². The van der Waals surface area contributed by atoms with Crippen molar-refractivity contribution in [3.63, 3.8) is 0 Å². The van der Waals surface area contributed by atoms with Crippen molar-refractivity contribution in [1.29, 1.82) is 0 Å². The van der Waals surface area contributed by atoms with Crippen LogP contribution in [0, 0.1) is 0 Å².